The predicted octanol–water partition coefficient (Wildman–Crippen LogP) is 1.71. The first kappa shape index (κ1) is 14.8. The number of aliphatic hydroxyl groups is 1. The van der Waals surface area contributed by atoms with Crippen molar-refractivity contribution in [1.82, 2.24) is 9.78 Å². The number of anilines is 1. The van der Waals surface area contributed by atoms with Crippen LogP contribution >= 0.6 is 0 Å². The number of aromatic nitrogens is 2. The van der Waals surface area contributed by atoms with Gasteiger partial charge >= 0.3 is 0 Å². The molecule has 0 radical (unpaired) electrons. The third-order valence-corrected chi connectivity index (χ3v) is 2.89. The van der Waals surface area contributed by atoms with Gasteiger partial charge in [0.1, 0.15) is 0 Å². The molecule has 0 atom stereocenters. The van der Waals surface area contributed by atoms with E-state index in [1.807, 2.05) is 18.2 Å². The van der Waals surface area contributed by atoms with Gasteiger partial charge in [-0.25, -0.2) is 0 Å². The number of para-hydroxylation sites is 1. The van der Waals surface area contributed by atoms with E-state index in [0.717, 1.165) is 5.56 Å². The number of nitrogens with zero attached hydrogens (tertiary/aromatic N) is 2. The van der Waals surface area contributed by atoms with Crippen LogP contribution in [0.4, 0.5) is 5.69 Å². The van der Waals surface area contributed by atoms with E-state index >= 15 is 0 Å². The van der Waals surface area contributed by atoms with Crippen LogP contribution in [0.3, 0.4) is 0 Å². The Labute approximate surface area is 123 Å². The molecule has 0 unspecified atom stereocenters. The van der Waals surface area contributed by atoms with Crippen molar-refractivity contribution in [1.29, 1.82) is 0 Å². The summed E-state index contributed by atoms with van der Waals surface area (Å²) in [5, 5.41) is 15.8. The molecule has 1 aromatic heterocycles. The average Bonchev–Trinajstić information content (AvgIpc) is 2.80. The molecular formula is C16H17N3O2. The number of amides is 1. The highest BCUT2D eigenvalue weighted by atomic mass is 16.2. The molecule has 1 amide bonds. The molecule has 2 rings (SSSR count). The van der Waals surface area contributed by atoms with E-state index < -0.39 is 0 Å². The van der Waals surface area contributed by atoms with E-state index in [0.29, 0.717) is 23.4 Å². The maximum Gasteiger partial charge on any atom is 0.259 e. The van der Waals surface area contributed by atoms with Crippen molar-refractivity contribution in [2.45, 2.75) is 13.3 Å². The summed E-state index contributed by atoms with van der Waals surface area (Å²) < 4.78 is 1.61. The second-order valence-electron chi connectivity index (χ2n) is 4.58. The maximum absolute atomic E-state index is 12.3. The zero-order valence-corrected chi connectivity index (χ0v) is 12.1. The van der Waals surface area contributed by atoms with Crippen molar-refractivity contribution < 1.29 is 9.90 Å². The van der Waals surface area contributed by atoms with Gasteiger partial charge in [-0.2, -0.15) is 5.10 Å². The lowest BCUT2D eigenvalue weighted by Gasteiger charge is -2.06. The number of hydrogen-bond acceptors (Lipinski definition) is 3. The van der Waals surface area contributed by atoms with Gasteiger partial charge in [0, 0.05) is 25.2 Å². The number of rotatable bonds is 3. The number of benzene rings is 1. The molecular weight excluding hydrogens is 266 g/mol. The van der Waals surface area contributed by atoms with Crippen LogP contribution in [0, 0.1) is 18.8 Å². The van der Waals surface area contributed by atoms with Gasteiger partial charge in [-0.15, -0.1) is 0 Å². The van der Waals surface area contributed by atoms with Crippen LogP contribution in [0.2, 0.25) is 0 Å². The minimum absolute atomic E-state index is 0.0242. The lowest BCUT2D eigenvalue weighted by molar-refractivity contribution is 0.102. The summed E-state index contributed by atoms with van der Waals surface area (Å²) in [4.78, 5) is 12.3. The van der Waals surface area contributed by atoms with Crippen LogP contribution in [-0.2, 0) is 7.05 Å². The van der Waals surface area contributed by atoms with Crippen molar-refractivity contribution >= 4 is 11.6 Å². The summed E-state index contributed by atoms with van der Waals surface area (Å²) in [6, 6.07) is 7.32. The lowest BCUT2D eigenvalue weighted by atomic mass is 10.1. The SMILES string of the molecule is Cc1nn(C)cc1C(=O)Nc1ccccc1C#CCCO. The standard InChI is InChI=1S/C16H17N3O2/c1-12-14(11-19(2)18-12)16(21)17-15-9-4-3-7-13(15)8-5-6-10-20/h3-4,7,9,11,20H,6,10H2,1-2H3,(H,17,21). The summed E-state index contributed by atoms with van der Waals surface area (Å²) in [5.41, 5.74) is 2.59. The molecule has 0 bridgehead atoms. The van der Waals surface area contributed by atoms with E-state index in [1.165, 1.54) is 0 Å². The van der Waals surface area contributed by atoms with Crippen molar-refractivity contribution in [2.75, 3.05) is 11.9 Å². The molecule has 5 heteroatoms. The highest BCUT2D eigenvalue weighted by Crippen LogP contribution is 2.16. The molecule has 0 spiro atoms. The first-order chi connectivity index (χ1) is 10.1. The van der Waals surface area contributed by atoms with Crippen LogP contribution in [-0.4, -0.2) is 27.4 Å². The Bertz CT molecular complexity index is 708. The van der Waals surface area contributed by atoms with Gasteiger partial charge in [-0.1, -0.05) is 24.0 Å². The molecule has 21 heavy (non-hydrogen) atoms. The zero-order valence-electron chi connectivity index (χ0n) is 12.1. The molecule has 2 aromatic rings. The fourth-order valence-electron chi connectivity index (χ4n) is 1.93. The van der Waals surface area contributed by atoms with E-state index in [9.17, 15) is 4.79 Å². The second-order valence-corrected chi connectivity index (χ2v) is 4.58. The van der Waals surface area contributed by atoms with Gasteiger partial charge < -0.3 is 10.4 Å². The molecule has 108 valence electrons. The normalized spacial score (nSPS) is 9.86. The van der Waals surface area contributed by atoms with Gasteiger partial charge in [-0.05, 0) is 19.1 Å². The predicted molar refractivity (Wildman–Crippen MR) is 80.9 cm³/mol. The molecule has 1 aromatic carbocycles. The Morgan fingerprint density at radius 2 is 2.19 bits per heavy atom. The zero-order chi connectivity index (χ0) is 15.2. The van der Waals surface area contributed by atoms with Gasteiger partial charge in [0.05, 0.1) is 23.6 Å². The molecule has 0 aliphatic rings. The quantitative estimate of drug-likeness (QED) is 0.843. The number of nitrogens with one attached hydrogen (secondary N) is 1. The van der Waals surface area contributed by atoms with Crippen LogP contribution in [0.5, 0.6) is 0 Å². The van der Waals surface area contributed by atoms with E-state index in [4.69, 9.17) is 5.11 Å². The fourth-order valence-corrected chi connectivity index (χ4v) is 1.93. The second kappa shape index (κ2) is 6.73. The minimum Gasteiger partial charge on any atom is -0.395 e. The Balaban J connectivity index is 2.22. The average molecular weight is 283 g/mol. The number of carbonyl (C=O) groups excluding carboxylic acids is 1. The molecule has 5 nitrogen and oxygen atoms in total. The Kier molecular flexibility index (Phi) is 4.75. The smallest absolute Gasteiger partial charge is 0.259 e. The van der Waals surface area contributed by atoms with Crippen LogP contribution in [0.1, 0.15) is 28.0 Å². The van der Waals surface area contributed by atoms with E-state index in [2.05, 4.69) is 22.3 Å². The van der Waals surface area contributed by atoms with Crippen LogP contribution < -0.4 is 5.32 Å². The minimum atomic E-state index is -0.211. The van der Waals surface area contributed by atoms with E-state index in [-0.39, 0.29) is 12.5 Å². The first-order valence-corrected chi connectivity index (χ1v) is 6.62. The molecule has 0 aliphatic carbocycles. The molecule has 0 saturated heterocycles. The molecule has 0 fully saturated rings. The largest absolute Gasteiger partial charge is 0.395 e. The van der Waals surface area contributed by atoms with Crippen molar-refractivity contribution in [3.8, 4) is 11.8 Å². The molecule has 0 aliphatic heterocycles. The number of aliphatic hydroxyl groups excluding tert-OH is 1. The summed E-state index contributed by atoms with van der Waals surface area (Å²) in [7, 11) is 1.78. The third-order valence-electron chi connectivity index (χ3n) is 2.89. The molecule has 1 heterocycles. The summed E-state index contributed by atoms with van der Waals surface area (Å²) in [6.07, 6.45) is 2.09. The van der Waals surface area contributed by atoms with Crippen LogP contribution in [0.15, 0.2) is 30.5 Å². The first-order valence-electron chi connectivity index (χ1n) is 6.62. The fraction of sp³-hybridized carbons (Fsp3) is 0.250. The Morgan fingerprint density at radius 1 is 1.43 bits per heavy atom. The monoisotopic (exact) mass is 283 g/mol. The highest BCUT2D eigenvalue weighted by Gasteiger charge is 2.13. The molecule has 2 N–H and O–H groups in total. The number of aryl methyl sites for hydroxylation is 2. The molecule has 0 saturated carbocycles. The summed E-state index contributed by atoms with van der Waals surface area (Å²) >= 11 is 0. The summed E-state index contributed by atoms with van der Waals surface area (Å²) in [6.45, 7) is 1.82. The van der Waals surface area contributed by atoms with E-state index in [1.54, 1.807) is 30.9 Å². The van der Waals surface area contributed by atoms with Gasteiger partial charge in [0.2, 0.25) is 0 Å². The van der Waals surface area contributed by atoms with Crippen LogP contribution in [0.25, 0.3) is 0 Å². The van der Waals surface area contributed by atoms with Gasteiger partial charge in [0.15, 0.2) is 0 Å². The highest BCUT2D eigenvalue weighted by molar-refractivity contribution is 6.05. The van der Waals surface area contributed by atoms with Crippen molar-refractivity contribution in [3.63, 3.8) is 0 Å². The van der Waals surface area contributed by atoms with Crippen molar-refractivity contribution in [3.05, 3.63) is 47.3 Å². The van der Waals surface area contributed by atoms with Gasteiger partial charge in [-0.3, -0.25) is 9.48 Å². The summed E-state index contributed by atoms with van der Waals surface area (Å²) in [5.74, 6) is 5.59. The Morgan fingerprint density at radius 3 is 2.86 bits per heavy atom. The third kappa shape index (κ3) is 3.71. The lowest BCUT2D eigenvalue weighted by Crippen LogP contribution is -2.13. The maximum atomic E-state index is 12.3. The number of carbonyl (C=O) groups is 1. The van der Waals surface area contributed by atoms with Gasteiger partial charge in [0.25, 0.3) is 5.91 Å². The number of hydrogen-bond donors (Lipinski definition) is 2. The van der Waals surface area contributed by atoms with Crippen molar-refractivity contribution in [2.24, 2.45) is 7.05 Å². The Hall–Kier alpha value is -2.58. The topological polar surface area (TPSA) is 67.2 Å².